The van der Waals surface area contributed by atoms with E-state index in [0.29, 0.717) is 5.92 Å². The van der Waals surface area contributed by atoms with Crippen LogP contribution >= 0.6 is 0 Å². The monoisotopic (exact) mass is 253 g/mol. The summed E-state index contributed by atoms with van der Waals surface area (Å²) >= 11 is 0. The normalized spacial score (nSPS) is 48.9. The molecule has 0 heterocycles. The highest BCUT2D eigenvalue weighted by atomic mass is 19.1. The average molecular weight is 253 g/mol. The summed E-state index contributed by atoms with van der Waals surface area (Å²) in [5.74, 6) is 0.411. The molecule has 102 valence electrons. The van der Waals surface area contributed by atoms with Crippen LogP contribution < -0.4 is 5.32 Å². The molecule has 0 amide bonds. The molecular weight excluding hydrogens is 229 g/mol. The Labute approximate surface area is 109 Å². The van der Waals surface area contributed by atoms with Crippen molar-refractivity contribution in [1.82, 2.24) is 5.32 Å². The highest BCUT2D eigenvalue weighted by Gasteiger charge is 2.84. The molecule has 0 spiro atoms. The van der Waals surface area contributed by atoms with Crippen LogP contribution in [0, 0.1) is 11.3 Å². The van der Waals surface area contributed by atoms with Crippen LogP contribution in [0.3, 0.4) is 0 Å². The highest BCUT2D eigenvalue weighted by Crippen LogP contribution is 2.80. The van der Waals surface area contributed by atoms with E-state index >= 15 is 0 Å². The molecule has 2 N–H and O–H groups in total. The fourth-order valence-electron chi connectivity index (χ4n) is 3.15. The predicted octanol–water partition coefficient (Wildman–Crippen LogP) is 2.58. The summed E-state index contributed by atoms with van der Waals surface area (Å²) in [6.07, 6.45) is 9.76. The molecule has 3 rings (SSSR count). The zero-order valence-corrected chi connectivity index (χ0v) is 11.2. The third-order valence-electron chi connectivity index (χ3n) is 5.36. The SMILES string of the molecule is CC1CC[C@@]1(O)/C=C/CCCNCC12CC1(F)C2. The minimum Gasteiger partial charge on any atom is -0.386 e. The molecule has 2 atom stereocenters. The van der Waals surface area contributed by atoms with E-state index in [1.165, 1.54) is 0 Å². The van der Waals surface area contributed by atoms with Gasteiger partial charge in [0.25, 0.3) is 0 Å². The van der Waals surface area contributed by atoms with Crippen molar-refractivity contribution in [2.24, 2.45) is 11.3 Å². The summed E-state index contributed by atoms with van der Waals surface area (Å²) in [4.78, 5) is 0. The zero-order valence-electron chi connectivity index (χ0n) is 11.2. The molecule has 3 aliphatic carbocycles. The Kier molecular flexibility index (Phi) is 2.83. The first-order chi connectivity index (χ1) is 8.50. The van der Waals surface area contributed by atoms with Gasteiger partial charge in [0.05, 0.1) is 5.60 Å². The van der Waals surface area contributed by atoms with Crippen LogP contribution in [0.15, 0.2) is 12.2 Å². The number of fused-ring (bicyclic) bond motifs is 1. The largest absolute Gasteiger partial charge is 0.386 e. The Bertz CT molecular complexity index is 362. The zero-order chi connectivity index (χ0) is 12.9. The molecule has 3 heteroatoms. The molecule has 0 aromatic carbocycles. The second kappa shape index (κ2) is 4.04. The number of rotatable bonds is 7. The summed E-state index contributed by atoms with van der Waals surface area (Å²) < 4.78 is 13.3. The lowest BCUT2D eigenvalue weighted by Gasteiger charge is -2.41. The fourth-order valence-corrected chi connectivity index (χ4v) is 3.15. The van der Waals surface area contributed by atoms with E-state index in [4.69, 9.17) is 0 Å². The summed E-state index contributed by atoms with van der Waals surface area (Å²) in [5.41, 5.74) is -1.23. The molecule has 0 aromatic rings. The van der Waals surface area contributed by atoms with Crippen LogP contribution in [-0.4, -0.2) is 29.5 Å². The molecular formula is C15H24FNO. The third-order valence-corrected chi connectivity index (χ3v) is 5.36. The van der Waals surface area contributed by atoms with Crippen LogP contribution in [0.25, 0.3) is 0 Å². The molecule has 1 unspecified atom stereocenters. The summed E-state index contributed by atoms with van der Waals surface area (Å²) in [6, 6.07) is 0. The number of allylic oxidation sites excluding steroid dienone is 1. The first-order valence-corrected chi connectivity index (χ1v) is 7.30. The van der Waals surface area contributed by atoms with E-state index in [-0.39, 0.29) is 5.41 Å². The number of unbranched alkanes of at least 4 members (excludes halogenated alkanes) is 1. The summed E-state index contributed by atoms with van der Waals surface area (Å²) in [6.45, 7) is 3.91. The smallest absolute Gasteiger partial charge is 0.119 e. The van der Waals surface area contributed by atoms with E-state index < -0.39 is 11.3 Å². The number of halogens is 1. The van der Waals surface area contributed by atoms with Crippen molar-refractivity contribution < 1.29 is 9.50 Å². The number of nitrogens with one attached hydrogen (secondary N) is 1. The topological polar surface area (TPSA) is 32.3 Å². The molecule has 0 saturated heterocycles. The summed E-state index contributed by atoms with van der Waals surface area (Å²) in [7, 11) is 0. The van der Waals surface area contributed by atoms with Gasteiger partial charge in [0.15, 0.2) is 0 Å². The molecule has 0 bridgehead atoms. The van der Waals surface area contributed by atoms with Crippen molar-refractivity contribution in [3.8, 4) is 0 Å². The number of alkyl halides is 1. The number of hydrogen-bond donors (Lipinski definition) is 2. The van der Waals surface area contributed by atoms with Crippen LogP contribution in [0.4, 0.5) is 4.39 Å². The lowest BCUT2D eigenvalue weighted by atomic mass is 9.70. The third kappa shape index (κ3) is 2.01. The van der Waals surface area contributed by atoms with E-state index in [1.54, 1.807) is 0 Å². The first kappa shape index (κ1) is 12.6. The molecule has 2 nitrogen and oxygen atoms in total. The molecule has 3 saturated carbocycles. The molecule has 3 fully saturated rings. The van der Waals surface area contributed by atoms with Crippen molar-refractivity contribution in [3.63, 3.8) is 0 Å². The maximum absolute atomic E-state index is 13.3. The van der Waals surface area contributed by atoms with Gasteiger partial charge in [-0.25, -0.2) is 4.39 Å². The molecule has 18 heavy (non-hydrogen) atoms. The molecule has 0 radical (unpaired) electrons. The van der Waals surface area contributed by atoms with Crippen LogP contribution in [-0.2, 0) is 0 Å². The van der Waals surface area contributed by atoms with Crippen molar-refractivity contribution in [2.45, 2.75) is 56.7 Å². The van der Waals surface area contributed by atoms with E-state index in [1.807, 2.05) is 6.08 Å². The average Bonchev–Trinajstić information content (AvgIpc) is 3.10. The lowest BCUT2D eigenvalue weighted by Crippen LogP contribution is -2.43. The van der Waals surface area contributed by atoms with Crippen molar-refractivity contribution >= 4 is 0 Å². The van der Waals surface area contributed by atoms with E-state index in [9.17, 15) is 9.50 Å². The second-order valence-electron chi connectivity index (χ2n) is 6.75. The predicted molar refractivity (Wildman–Crippen MR) is 70.1 cm³/mol. The van der Waals surface area contributed by atoms with Gasteiger partial charge in [-0.15, -0.1) is 0 Å². The summed E-state index contributed by atoms with van der Waals surface area (Å²) in [5, 5.41) is 13.4. The number of aliphatic hydroxyl groups is 1. The minimum absolute atomic E-state index is 0.0549. The molecule has 0 aliphatic heterocycles. The van der Waals surface area contributed by atoms with Crippen molar-refractivity contribution in [2.75, 3.05) is 13.1 Å². The van der Waals surface area contributed by atoms with Gasteiger partial charge in [-0.2, -0.15) is 0 Å². The Morgan fingerprint density at radius 2 is 2.17 bits per heavy atom. The van der Waals surface area contributed by atoms with Crippen LogP contribution in [0.1, 0.15) is 45.4 Å². The second-order valence-corrected chi connectivity index (χ2v) is 6.75. The van der Waals surface area contributed by atoms with Crippen LogP contribution in [0.5, 0.6) is 0 Å². The van der Waals surface area contributed by atoms with Gasteiger partial charge in [0, 0.05) is 12.0 Å². The first-order valence-electron chi connectivity index (χ1n) is 7.30. The van der Waals surface area contributed by atoms with E-state index in [2.05, 4.69) is 18.3 Å². The minimum atomic E-state index is -0.760. The fraction of sp³-hybridized carbons (Fsp3) is 0.867. The molecule has 3 aliphatic rings. The van der Waals surface area contributed by atoms with Gasteiger partial charge >= 0.3 is 0 Å². The Morgan fingerprint density at radius 3 is 2.67 bits per heavy atom. The van der Waals surface area contributed by atoms with E-state index in [0.717, 1.165) is 51.6 Å². The number of hydrogen-bond acceptors (Lipinski definition) is 2. The van der Waals surface area contributed by atoms with Gasteiger partial charge in [-0.1, -0.05) is 19.1 Å². The van der Waals surface area contributed by atoms with Gasteiger partial charge < -0.3 is 10.4 Å². The standard InChI is InChI=1S/C15H24FNO/c1-12-5-7-14(12,18)6-3-2-4-8-17-11-13-9-15(13,16)10-13/h3,6,12,17-18H,2,4-5,7-11H2,1H3/b6-3+/t12?,13?,14-,15?/m0/s1. The van der Waals surface area contributed by atoms with Gasteiger partial charge in [0.1, 0.15) is 5.67 Å². The lowest BCUT2D eigenvalue weighted by molar-refractivity contribution is -0.0424. The Balaban J connectivity index is 1.24. The van der Waals surface area contributed by atoms with Gasteiger partial charge in [-0.05, 0) is 51.0 Å². The Morgan fingerprint density at radius 1 is 1.44 bits per heavy atom. The van der Waals surface area contributed by atoms with Crippen LogP contribution in [0.2, 0.25) is 0 Å². The highest BCUT2D eigenvalue weighted by molar-refractivity contribution is 5.34. The maximum atomic E-state index is 13.3. The Hall–Kier alpha value is -0.410. The van der Waals surface area contributed by atoms with Gasteiger partial charge in [0.2, 0.25) is 0 Å². The quantitative estimate of drug-likeness (QED) is 0.540. The van der Waals surface area contributed by atoms with Crippen molar-refractivity contribution in [3.05, 3.63) is 12.2 Å². The van der Waals surface area contributed by atoms with Crippen molar-refractivity contribution in [1.29, 1.82) is 0 Å². The molecule has 0 aromatic heterocycles. The van der Waals surface area contributed by atoms with Gasteiger partial charge in [-0.3, -0.25) is 0 Å². The maximum Gasteiger partial charge on any atom is 0.119 e.